The van der Waals surface area contributed by atoms with Gasteiger partial charge in [-0.05, 0) is 6.07 Å². The first-order valence-corrected chi connectivity index (χ1v) is 3.51. The molecule has 0 heterocycles. The van der Waals surface area contributed by atoms with Crippen molar-refractivity contribution >= 4 is 0 Å². The number of nitrogens with two attached hydrogens (primary N) is 1. The Bertz CT molecular complexity index is 306. The van der Waals surface area contributed by atoms with Gasteiger partial charge in [-0.15, -0.1) is 0 Å². The first-order valence-electron chi connectivity index (χ1n) is 3.51. The van der Waals surface area contributed by atoms with E-state index < -0.39 is 17.6 Å². The van der Waals surface area contributed by atoms with E-state index >= 15 is 0 Å². The molecule has 5 heteroatoms. The minimum atomic E-state index is -4.66. The minimum absolute atomic E-state index is 0.130. The molecule has 13 heavy (non-hydrogen) atoms. The summed E-state index contributed by atoms with van der Waals surface area (Å²) in [5.74, 6) is -1.28. The van der Waals surface area contributed by atoms with Crippen molar-refractivity contribution in [2.24, 2.45) is 5.73 Å². The highest BCUT2D eigenvalue weighted by molar-refractivity contribution is 5.27. The Morgan fingerprint density at radius 1 is 1.23 bits per heavy atom. The van der Waals surface area contributed by atoms with E-state index in [0.717, 1.165) is 6.07 Å². The lowest BCUT2D eigenvalue weighted by molar-refractivity contribution is -0.140. The predicted octanol–water partition coefficient (Wildman–Crippen LogP) is 2.30. The Hall–Kier alpha value is -1.10. The third-order valence-electron chi connectivity index (χ3n) is 1.60. The molecular formula is C8H7F4N. The molecule has 0 saturated heterocycles. The third kappa shape index (κ3) is 1.98. The van der Waals surface area contributed by atoms with Gasteiger partial charge in [0.25, 0.3) is 0 Å². The summed E-state index contributed by atoms with van der Waals surface area (Å²) in [6, 6.07) is 3.05. The van der Waals surface area contributed by atoms with Crippen LogP contribution in [0, 0.1) is 5.82 Å². The van der Waals surface area contributed by atoms with Crippen LogP contribution in [0.2, 0.25) is 0 Å². The van der Waals surface area contributed by atoms with Crippen molar-refractivity contribution in [3.63, 3.8) is 0 Å². The van der Waals surface area contributed by atoms with Gasteiger partial charge in [-0.3, -0.25) is 0 Å². The third-order valence-corrected chi connectivity index (χ3v) is 1.60. The normalized spacial score (nSPS) is 11.8. The van der Waals surface area contributed by atoms with Gasteiger partial charge in [0.05, 0.1) is 5.56 Å². The van der Waals surface area contributed by atoms with Crippen LogP contribution in [0.4, 0.5) is 17.6 Å². The Morgan fingerprint density at radius 2 is 1.85 bits per heavy atom. The van der Waals surface area contributed by atoms with Crippen LogP contribution < -0.4 is 5.73 Å². The highest BCUT2D eigenvalue weighted by Crippen LogP contribution is 2.32. The average molecular weight is 193 g/mol. The quantitative estimate of drug-likeness (QED) is 0.680. The number of hydrogen-bond acceptors (Lipinski definition) is 1. The number of halogens is 4. The molecule has 0 amide bonds. The lowest BCUT2D eigenvalue weighted by atomic mass is 10.1. The second-order valence-electron chi connectivity index (χ2n) is 2.48. The summed E-state index contributed by atoms with van der Waals surface area (Å²) < 4.78 is 49.2. The van der Waals surface area contributed by atoms with Gasteiger partial charge < -0.3 is 5.73 Å². The fourth-order valence-corrected chi connectivity index (χ4v) is 0.956. The summed E-state index contributed by atoms with van der Waals surface area (Å²) in [6.45, 7) is -0.240. The molecule has 0 radical (unpaired) electrons. The van der Waals surface area contributed by atoms with E-state index in [9.17, 15) is 17.6 Å². The molecule has 1 aromatic carbocycles. The van der Waals surface area contributed by atoms with Gasteiger partial charge in [-0.2, -0.15) is 13.2 Å². The fraction of sp³-hybridized carbons (Fsp3) is 0.250. The maximum absolute atomic E-state index is 13.0. The van der Waals surface area contributed by atoms with Crippen molar-refractivity contribution in [3.05, 3.63) is 35.1 Å². The molecule has 0 saturated carbocycles. The van der Waals surface area contributed by atoms with Crippen molar-refractivity contribution in [1.29, 1.82) is 0 Å². The van der Waals surface area contributed by atoms with Crippen molar-refractivity contribution < 1.29 is 17.6 Å². The van der Waals surface area contributed by atoms with Gasteiger partial charge in [-0.1, -0.05) is 12.1 Å². The second-order valence-corrected chi connectivity index (χ2v) is 2.48. The molecule has 1 nitrogen and oxygen atoms in total. The van der Waals surface area contributed by atoms with Crippen LogP contribution in [0.15, 0.2) is 18.2 Å². The molecule has 0 unspecified atom stereocenters. The monoisotopic (exact) mass is 193 g/mol. The molecule has 0 aliphatic carbocycles. The summed E-state index contributed by atoms with van der Waals surface area (Å²) in [5.41, 5.74) is 3.66. The van der Waals surface area contributed by atoms with Crippen LogP contribution in [-0.4, -0.2) is 0 Å². The van der Waals surface area contributed by atoms with Gasteiger partial charge in [0.15, 0.2) is 0 Å². The molecule has 0 aliphatic heterocycles. The maximum atomic E-state index is 13.0. The minimum Gasteiger partial charge on any atom is -0.326 e. The fourth-order valence-electron chi connectivity index (χ4n) is 0.956. The van der Waals surface area contributed by atoms with E-state index in [1.54, 1.807) is 0 Å². The molecule has 0 spiro atoms. The topological polar surface area (TPSA) is 26.0 Å². The highest BCUT2D eigenvalue weighted by Gasteiger charge is 2.34. The van der Waals surface area contributed by atoms with Crippen molar-refractivity contribution in [1.82, 2.24) is 0 Å². The molecule has 0 fully saturated rings. The first kappa shape index (κ1) is 9.98. The van der Waals surface area contributed by atoms with Crippen LogP contribution in [0.5, 0.6) is 0 Å². The number of benzene rings is 1. The Morgan fingerprint density at radius 3 is 2.31 bits per heavy atom. The second kappa shape index (κ2) is 3.33. The molecule has 0 aromatic heterocycles. The van der Waals surface area contributed by atoms with E-state index in [0.29, 0.717) is 6.07 Å². The van der Waals surface area contributed by atoms with Crippen LogP contribution in [0.1, 0.15) is 11.1 Å². The molecule has 1 aromatic rings. The summed E-state index contributed by atoms with van der Waals surface area (Å²) in [6.07, 6.45) is -4.66. The summed E-state index contributed by atoms with van der Waals surface area (Å²) in [4.78, 5) is 0. The van der Waals surface area contributed by atoms with E-state index in [2.05, 4.69) is 0 Å². The zero-order valence-corrected chi connectivity index (χ0v) is 6.53. The van der Waals surface area contributed by atoms with E-state index in [4.69, 9.17) is 5.73 Å². The van der Waals surface area contributed by atoms with Crippen LogP contribution in [-0.2, 0) is 12.7 Å². The van der Waals surface area contributed by atoms with Crippen molar-refractivity contribution in [2.75, 3.05) is 0 Å². The van der Waals surface area contributed by atoms with Crippen LogP contribution in [0.25, 0.3) is 0 Å². The van der Waals surface area contributed by atoms with E-state index in [1.807, 2.05) is 0 Å². The van der Waals surface area contributed by atoms with Gasteiger partial charge in [0, 0.05) is 12.1 Å². The molecule has 72 valence electrons. The molecule has 0 atom stereocenters. The molecule has 2 N–H and O–H groups in total. The standard InChI is InChI=1S/C8H7F4N/c9-7-5(4-13)2-1-3-6(7)8(10,11)12/h1-3H,4,13H2. The molecule has 0 aliphatic rings. The zero-order chi connectivity index (χ0) is 10.1. The predicted molar refractivity (Wildman–Crippen MR) is 39.3 cm³/mol. The SMILES string of the molecule is NCc1cccc(C(F)(F)F)c1F. The number of hydrogen-bond donors (Lipinski definition) is 1. The van der Waals surface area contributed by atoms with E-state index in [-0.39, 0.29) is 12.1 Å². The zero-order valence-electron chi connectivity index (χ0n) is 6.53. The Labute approximate surface area is 72.2 Å². The van der Waals surface area contributed by atoms with Gasteiger partial charge in [-0.25, -0.2) is 4.39 Å². The highest BCUT2D eigenvalue weighted by atomic mass is 19.4. The van der Waals surface area contributed by atoms with Crippen LogP contribution >= 0.6 is 0 Å². The van der Waals surface area contributed by atoms with Gasteiger partial charge in [0.2, 0.25) is 0 Å². The Balaban J connectivity index is 3.24. The molecule has 1 rings (SSSR count). The summed E-state index contributed by atoms with van der Waals surface area (Å²) in [7, 11) is 0. The summed E-state index contributed by atoms with van der Waals surface area (Å²) in [5, 5.41) is 0. The number of rotatable bonds is 1. The van der Waals surface area contributed by atoms with Gasteiger partial charge >= 0.3 is 6.18 Å². The van der Waals surface area contributed by atoms with Crippen molar-refractivity contribution in [3.8, 4) is 0 Å². The van der Waals surface area contributed by atoms with Crippen molar-refractivity contribution in [2.45, 2.75) is 12.7 Å². The smallest absolute Gasteiger partial charge is 0.326 e. The lowest BCUT2D eigenvalue weighted by Gasteiger charge is -2.09. The largest absolute Gasteiger partial charge is 0.419 e. The Kier molecular flexibility index (Phi) is 2.56. The summed E-state index contributed by atoms with van der Waals surface area (Å²) >= 11 is 0. The molecular weight excluding hydrogens is 186 g/mol. The lowest BCUT2D eigenvalue weighted by Crippen LogP contribution is -2.11. The van der Waals surface area contributed by atoms with Gasteiger partial charge in [0.1, 0.15) is 5.82 Å². The first-order chi connectivity index (χ1) is 5.96. The average Bonchev–Trinajstić information content (AvgIpc) is 2.02. The maximum Gasteiger partial charge on any atom is 0.419 e. The molecule has 0 bridgehead atoms. The van der Waals surface area contributed by atoms with E-state index in [1.165, 1.54) is 6.07 Å². The number of alkyl halides is 3. The van der Waals surface area contributed by atoms with Crippen LogP contribution in [0.3, 0.4) is 0 Å².